The summed E-state index contributed by atoms with van der Waals surface area (Å²) >= 11 is 0. The number of fused-ring (bicyclic) bond motifs is 4. The number of methoxy groups -OCH3 is 1. The van der Waals surface area contributed by atoms with Gasteiger partial charge in [0.25, 0.3) is 5.56 Å². The Kier molecular flexibility index (Phi) is 4.22. The SMILES string of the molecule is COc1ccc2cc(C3CC(=O)Oc4ccc5c(C)cc(=O)oc5c43)c(=O)n(C)c2c1. The summed E-state index contributed by atoms with van der Waals surface area (Å²) in [6, 6.07) is 12.1. The highest BCUT2D eigenvalue weighted by molar-refractivity contribution is 5.90. The van der Waals surface area contributed by atoms with E-state index in [9.17, 15) is 14.4 Å². The summed E-state index contributed by atoms with van der Waals surface area (Å²) in [5.74, 6) is -0.0942. The van der Waals surface area contributed by atoms with Gasteiger partial charge in [0.05, 0.1) is 19.0 Å². The van der Waals surface area contributed by atoms with Crippen molar-refractivity contribution in [1.29, 1.82) is 0 Å². The highest BCUT2D eigenvalue weighted by Crippen LogP contribution is 2.42. The number of aryl methyl sites for hydroxylation is 2. The van der Waals surface area contributed by atoms with Crippen molar-refractivity contribution < 1.29 is 18.7 Å². The number of rotatable bonds is 2. The van der Waals surface area contributed by atoms with Crippen LogP contribution in [0.4, 0.5) is 0 Å². The van der Waals surface area contributed by atoms with Crippen molar-refractivity contribution in [2.24, 2.45) is 7.05 Å². The van der Waals surface area contributed by atoms with Crippen LogP contribution in [0.3, 0.4) is 0 Å². The molecule has 3 heterocycles. The third kappa shape index (κ3) is 2.92. The Hall–Kier alpha value is -3.87. The normalized spacial score (nSPS) is 15.7. The summed E-state index contributed by atoms with van der Waals surface area (Å²) in [5.41, 5.74) is 2.07. The number of ether oxygens (including phenoxy) is 2. The second-order valence-corrected chi connectivity index (χ2v) is 7.72. The van der Waals surface area contributed by atoms with Gasteiger partial charge >= 0.3 is 11.6 Å². The molecule has 5 rings (SSSR count). The Morgan fingerprint density at radius 1 is 1.06 bits per heavy atom. The van der Waals surface area contributed by atoms with Crippen LogP contribution < -0.4 is 20.7 Å². The van der Waals surface area contributed by atoms with Crippen molar-refractivity contribution in [2.75, 3.05) is 7.11 Å². The zero-order valence-corrected chi connectivity index (χ0v) is 17.2. The highest BCUT2D eigenvalue weighted by atomic mass is 16.5. The molecule has 0 spiro atoms. The molecule has 1 unspecified atom stereocenters. The van der Waals surface area contributed by atoms with Gasteiger partial charge in [0.1, 0.15) is 17.1 Å². The smallest absolute Gasteiger partial charge is 0.336 e. The van der Waals surface area contributed by atoms with E-state index in [4.69, 9.17) is 13.9 Å². The largest absolute Gasteiger partial charge is 0.497 e. The topological polar surface area (TPSA) is 87.7 Å². The second-order valence-electron chi connectivity index (χ2n) is 7.72. The summed E-state index contributed by atoms with van der Waals surface area (Å²) in [4.78, 5) is 37.8. The number of pyridine rings is 1. The zero-order chi connectivity index (χ0) is 21.9. The Balaban J connectivity index is 1.83. The summed E-state index contributed by atoms with van der Waals surface area (Å²) in [6.07, 6.45) is -0.0271. The predicted molar refractivity (Wildman–Crippen MR) is 115 cm³/mol. The number of benzene rings is 2. The standard InChI is InChI=1S/C24H19NO6/c1-12-8-20(26)31-23-15(12)6-7-19-22(23)16(11-21(27)30-19)17-9-13-4-5-14(29-3)10-18(13)25(2)24(17)28/h4-10,16H,11H2,1-3H3. The average Bonchev–Trinajstić information content (AvgIpc) is 2.74. The van der Waals surface area contributed by atoms with Crippen molar-refractivity contribution in [3.63, 3.8) is 0 Å². The van der Waals surface area contributed by atoms with E-state index in [0.717, 1.165) is 16.3 Å². The first-order valence-electron chi connectivity index (χ1n) is 9.83. The molecule has 0 radical (unpaired) electrons. The average molecular weight is 417 g/mol. The van der Waals surface area contributed by atoms with Gasteiger partial charge in [0.15, 0.2) is 0 Å². The van der Waals surface area contributed by atoms with E-state index in [2.05, 4.69) is 0 Å². The third-order valence-corrected chi connectivity index (χ3v) is 5.90. The van der Waals surface area contributed by atoms with Crippen molar-refractivity contribution in [1.82, 2.24) is 4.57 Å². The van der Waals surface area contributed by atoms with Gasteiger partial charge in [0, 0.05) is 41.6 Å². The van der Waals surface area contributed by atoms with Gasteiger partial charge in [-0.15, -0.1) is 0 Å². The summed E-state index contributed by atoms with van der Waals surface area (Å²) in [6.45, 7) is 1.82. The summed E-state index contributed by atoms with van der Waals surface area (Å²) in [5, 5.41) is 1.57. The van der Waals surface area contributed by atoms with Gasteiger partial charge in [-0.3, -0.25) is 9.59 Å². The van der Waals surface area contributed by atoms with Crippen LogP contribution >= 0.6 is 0 Å². The minimum absolute atomic E-state index is 0.0271. The van der Waals surface area contributed by atoms with E-state index in [1.165, 1.54) is 6.07 Å². The molecule has 0 saturated carbocycles. The number of aromatic nitrogens is 1. The van der Waals surface area contributed by atoms with E-state index < -0.39 is 17.5 Å². The number of nitrogens with zero attached hydrogens (tertiary/aromatic N) is 1. The Morgan fingerprint density at radius 3 is 2.65 bits per heavy atom. The zero-order valence-electron chi connectivity index (χ0n) is 17.2. The molecule has 7 nitrogen and oxygen atoms in total. The van der Waals surface area contributed by atoms with Crippen LogP contribution in [0.5, 0.6) is 11.5 Å². The summed E-state index contributed by atoms with van der Waals surface area (Å²) in [7, 11) is 3.25. The Morgan fingerprint density at radius 2 is 1.87 bits per heavy atom. The lowest BCUT2D eigenvalue weighted by atomic mass is 9.85. The van der Waals surface area contributed by atoms with Crippen LogP contribution in [0, 0.1) is 6.92 Å². The molecule has 2 aromatic heterocycles. The molecule has 2 aromatic carbocycles. The Labute approximate surface area is 176 Å². The lowest BCUT2D eigenvalue weighted by molar-refractivity contribution is -0.135. The van der Waals surface area contributed by atoms with E-state index in [1.54, 1.807) is 43.0 Å². The van der Waals surface area contributed by atoms with Crippen LogP contribution in [-0.2, 0) is 11.8 Å². The number of carbonyl (C=O) groups is 1. The van der Waals surface area contributed by atoms with Crippen molar-refractivity contribution in [3.05, 3.63) is 79.9 Å². The fourth-order valence-corrected chi connectivity index (χ4v) is 4.35. The quantitative estimate of drug-likeness (QED) is 0.282. The molecular formula is C24H19NO6. The molecule has 0 aliphatic carbocycles. The molecule has 31 heavy (non-hydrogen) atoms. The predicted octanol–water partition coefficient (Wildman–Crippen LogP) is 3.40. The van der Waals surface area contributed by atoms with Crippen molar-refractivity contribution >= 4 is 27.8 Å². The maximum atomic E-state index is 13.3. The molecule has 0 N–H and O–H groups in total. The molecule has 156 valence electrons. The van der Waals surface area contributed by atoms with E-state index in [-0.39, 0.29) is 12.0 Å². The number of hydrogen-bond acceptors (Lipinski definition) is 6. The van der Waals surface area contributed by atoms with Gasteiger partial charge in [-0.05, 0) is 48.2 Å². The molecule has 1 atom stereocenters. The molecule has 0 amide bonds. The number of carbonyl (C=O) groups excluding carboxylic acids is 1. The molecule has 1 aliphatic rings. The van der Waals surface area contributed by atoms with Crippen molar-refractivity contribution in [2.45, 2.75) is 19.3 Å². The van der Waals surface area contributed by atoms with E-state index in [1.807, 2.05) is 19.1 Å². The first-order valence-corrected chi connectivity index (χ1v) is 9.83. The number of hydrogen-bond donors (Lipinski definition) is 0. The molecule has 0 fully saturated rings. The van der Waals surface area contributed by atoms with Crippen molar-refractivity contribution in [3.8, 4) is 11.5 Å². The van der Waals surface area contributed by atoms with Crippen LogP contribution in [-0.4, -0.2) is 17.6 Å². The van der Waals surface area contributed by atoms with Crippen LogP contribution in [0.2, 0.25) is 0 Å². The monoisotopic (exact) mass is 417 g/mol. The molecule has 0 bridgehead atoms. The molecular weight excluding hydrogens is 398 g/mol. The maximum Gasteiger partial charge on any atom is 0.336 e. The summed E-state index contributed by atoms with van der Waals surface area (Å²) < 4.78 is 17.8. The van der Waals surface area contributed by atoms with Gasteiger partial charge in [-0.2, -0.15) is 0 Å². The highest BCUT2D eigenvalue weighted by Gasteiger charge is 2.34. The second kappa shape index (κ2) is 6.84. The number of esters is 1. The van der Waals surface area contributed by atoms with Crippen LogP contribution in [0.25, 0.3) is 21.9 Å². The van der Waals surface area contributed by atoms with Gasteiger partial charge in [-0.25, -0.2) is 4.79 Å². The molecule has 7 heteroatoms. The third-order valence-electron chi connectivity index (χ3n) is 5.90. The lowest BCUT2D eigenvalue weighted by Gasteiger charge is -2.26. The molecule has 0 saturated heterocycles. The minimum atomic E-state index is -0.602. The van der Waals surface area contributed by atoms with E-state index in [0.29, 0.717) is 33.7 Å². The van der Waals surface area contributed by atoms with Crippen LogP contribution in [0.1, 0.15) is 29.0 Å². The molecule has 4 aromatic rings. The van der Waals surface area contributed by atoms with Gasteiger partial charge in [0.2, 0.25) is 0 Å². The fraction of sp³-hybridized carbons (Fsp3) is 0.208. The van der Waals surface area contributed by atoms with Gasteiger partial charge in [-0.1, -0.05) is 0 Å². The maximum absolute atomic E-state index is 13.3. The minimum Gasteiger partial charge on any atom is -0.497 e. The Bertz CT molecular complexity index is 1510. The molecule has 1 aliphatic heterocycles. The fourth-order valence-electron chi connectivity index (χ4n) is 4.35. The first-order chi connectivity index (χ1) is 14.9. The lowest BCUT2D eigenvalue weighted by Crippen LogP contribution is -2.29. The van der Waals surface area contributed by atoms with E-state index >= 15 is 0 Å². The van der Waals surface area contributed by atoms with Gasteiger partial charge < -0.3 is 18.5 Å². The first kappa shape index (κ1) is 19.1. The van der Waals surface area contributed by atoms with Crippen LogP contribution in [0.15, 0.2) is 56.5 Å².